The zero-order valence-corrected chi connectivity index (χ0v) is 14.2. The molecule has 4 nitrogen and oxygen atoms in total. The van der Waals surface area contributed by atoms with E-state index >= 15 is 0 Å². The van der Waals surface area contributed by atoms with Crippen molar-refractivity contribution in [2.75, 3.05) is 0 Å². The molecule has 128 valence electrons. The normalized spacial score (nSPS) is 12.7. The smallest absolute Gasteiger partial charge is 0.348 e. The lowest BCUT2D eigenvalue weighted by Gasteiger charge is -2.17. The van der Waals surface area contributed by atoms with Crippen LogP contribution in [0.1, 0.15) is 24.1 Å². The van der Waals surface area contributed by atoms with Gasteiger partial charge in [-0.3, -0.25) is 9.59 Å². The molecule has 0 saturated heterocycles. The lowest BCUT2D eigenvalue weighted by atomic mass is 10.1. The summed E-state index contributed by atoms with van der Waals surface area (Å²) in [5, 5.41) is 2.66. The number of halogens is 4. The summed E-state index contributed by atoms with van der Waals surface area (Å²) in [5.74, 6) is -0.556. The van der Waals surface area contributed by atoms with Crippen LogP contribution in [0.3, 0.4) is 0 Å². The molecular formula is C16H14BrF3N2O2. The van der Waals surface area contributed by atoms with Crippen LogP contribution < -0.4 is 10.9 Å². The van der Waals surface area contributed by atoms with Gasteiger partial charge < -0.3 is 9.88 Å². The first-order chi connectivity index (χ1) is 11.2. The van der Waals surface area contributed by atoms with E-state index in [1.807, 2.05) is 18.2 Å². The van der Waals surface area contributed by atoms with Crippen LogP contribution >= 0.6 is 15.9 Å². The lowest BCUT2D eigenvalue weighted by Crippen LogP contribution is -2.34. The molecule has 1 N–H and O–H groups in total. The number of aromatic nitrogens is 1. The van der Waals surface area contributed by atoms with Gasteiger partial charge in [-0.15, -0.1) is 0 Å². The highest BCUT2D eigenvalue weighted by atomic mass is 79.9. The molecule has 0 aliphatic heterocycles. The van der Waals surface area contributed by atoms with E-state index in [0.29, 0.717) is 12.3 Å². The van der Waals surface area contributed by atoms with E-state index in [1.165, 1.54) is 0 Å². The first-order valence-electron chi connectivity index (χ1n) is 7.00. The van der Waals surface area contributed by atoms with Crippen LogP contribution in [0.25, 0.3) is 0 Å². The fourth-order valence-corrected chi connectivity index (χ4v) is 2.80. The highest BCUT2D eigenvalue weighted by molar-refractivity contribution is 9.10. The number of nitrogens with one attached hydrogen (secondary N) is 1. The summed E-state index contributed by atoms with van der Waals surface area (Å²) in [6, 6.07) is 8.38. The fraction of sp³-hybridized carbons (Fsp3) is 0.250. The van der Waals surface area contributed by atoms with Gasteiger partial charge in [-0.05, 0) is 24.6 Å². The van der Waals surface area contributed by atoms with Gasteiger partial charge in [-0.1, -0.05) is 34.1 Å². The predicted octanol–water partition coefficient (Wildman–Crippen LogP) is 3.51. The minimum atomic E-state index is -4.58. The Morgan fingerprint density at radius 3 is 2.54 bits per heavy atom. The average Bonchev–Trinajstić information content (AvgIpc) is 2.48. The van der Waals surface area contributed by atoms with Gasteiger partial charge in [0, 0.05) is 16.7 Å². The molecule has 0 radical (unpaired) electrons. The Kier molecular flexibility index (Phi) is 5.48. The summed E-state index contributed by atoms with van der Waals surface area (Å²) < 4.78 is 39.6. The van der Waals surface area contributed by atoms with E-state index in [4.69, 9.17) is 0 Å². The van der Waals surface area contributed by atoms with Crippen molar-refractivity contribution in [1.29, 1.82) is 0 Å². The zero-order valence-electron chi connectivity index (χ0n) is 12.6. The molecule has 0 fully saturated rings. The van der Waals surface area contributed by atoms with Crippen LogP contribution in [-0.2, 0) is 17.5 Å². The van der Waals surface area contributed by atoms with Crippen molar-refractivity contribution in [2.24, 2.45) is 0 Å². The number of amides is 1. The maximum Gasteiger partial charge on any atom is 0.417 e. The first-order valence-corrected chi connectivity index (χ1v) is 7.79. The molecule has 1 aromatic carbocycles. The van der Waals surface area contributed by atoms with Crippen LogP contribution in [0.15, 0.2) is 51.9 Å². The molecular weight excluding hydrogens is 389 g/mol. The van der Waals surface area contributed by atoms with E-state index in [-0.39, 0.29) is 6.04 Å². The van der Waals surface area contributed by atoms with Crippen LogP contribution in [0.5, 0.6) is 0 Å². The van der Waals surface area contributed by atoms with Crippen molar-refractivity contribution >= 4 is 21.8 Å². The number of alkyl halides is 3. The van der Waals surface area contributed by atoms with Gasteiger partial charge >= 0.3 is 6.18 Å². The summed E-state index contributed by atoms with van der Waals surface area (Å²) in [6.07, 6.45) is -3.93. The minimum Gasteiger partial charge on any atom is -0.348 e. The van der Waals surface area contributed by atoms with Crippen molar-refractivity contribution in [3.8, 4) is 0 Å². The van der Waals surface area contributed by atoms with Crippen molar-refractivity contribution in [3.63, 3.8) is 0 Å². The van der Waals surface area contributed by atoms with Crippen molar-refractivity contribution in [1.82, 2.24) is 9.88 Å². The molecule has 1 heterocycles. The summed E-state index contributed by atoms with van der Waals surface area (Å²) in [5.41, 5.74) is -0.831. The van der Waals surface area contributed by atoms with Gasteiger partial charge in [0.1, 0.15) is 6.54 Å². The molecule has 0 bridgehead atoms. The number of hydrogen-bond donors (Lipinski definition) is 1. The molecule has 1 atom stereocenters. The number of pyridine rings is 1. The second kappa shape index (κ2) is 7.21. The molecule has 2 rings (SSSR count). The Balaban J connectivity index is 2.13. The van der Waals surface area contributed by atoms with Gasteiger partial charge in [0.2, 0.25) is 5.91 Å². The zero-order chi connectivity index (χ0) is 17.9. The van der Waals surface area contributed by atoms with Gasteiger partial charge in [0.05, 0.1) is 11.6 Å². The molecule has 0 saturated carbocycles. The summed E-state index contributed by atoms with van der Waals surface area (Å²) >= 11 is 3.37. The average molecular weight is 403 g/mol. The molecule has 24 heavy (non-hydrogen) atoms. The maximum absolute atomic E-state index is 12.7. The van der Waals surface area contributed by atoms with Crippen LogP contribution in [-0.4, -0.2) is 10.5 Å². The van der Waals surface area contributed by atoms with Gasteiger partial charge in [-0.2, -0.15) is 13.2 Å². The lowest BCUT2D eigenvalue weighted by molar-refractivity contribution is -0.138. The Bertz CT molecular complexity index is 802. The van der Waals surface area contributed by atoms with Crippen molar-refractivity contribution < 1.29 is 18.0 Å². The van der Waals surface area contributed by atoms with Crippen molar-refractivity contribution in [3.05, 3.63) is 68.5 Å². The SMILES string of the molecule is CC(NC(=O)Cn1cc(C(F)(F)F)ccc1=O)c1ccccc1Br. The Labute approximate surface area is 144 Å². The van der Waals surface area contributed by atoms with E-state index in [1.54, 1.807) is 13.0 Å². The van der Waals surface area contributed by atoms with E-state index in [9.17, 15) is 22.8 Å². The van der Waals surface area contributed by atoms with Crippen molar-refractivity contribution in [2.45, 2.75) is 25.7 Å². The van der Waals surface area contributed by atoms with Crippen LogP contribution in [0.2, 0.25) is 0 Å². The Morgan fingerprint density at radius 2 is 1.92 bits per heavy atom. The van der Waals surface area contributed by atoms with Crippen LogP contribution in [0.4, 0.5) is 13.2 Å². The number of carbonyl (C=O) groups excluding carboxylic acids is 1. The van der Waals surface area contributed by atoms with Gasteiger partial charge in [0.15, 0.2) is 0 Å². The molecule has 8 heteroatoms. The maximum atomic E-state index is 12.7. The summed E-state index contributed by atoms with van der Waals surface area (Å²) in [6.45, 7) is 1.25. The predicted molar refractivity (Wildman–Crippen MR) is 86.4 cm³/mol. The van der Waals surface area contributed by atoms with Gasteiger partial charge in [0.25, 0.3) is 5.56 Å². The quantitative estimate of drug-likeness (QED) is 0.850. The monoisotopic (exact) mass is 402 g/mol. The molecule has 0 aliphatic rings. The van der Waals surface area contributed by atoms with E-state index in [2.05, 4.69) is 21.2 Å². The van der Waals surface area contributed by atoms with E-state index < -0.39 is 29.8 Å². The van der Waals surface area contributed by atoms with E-state index in [0.717, 1.165) is 20.7 Å². The molecule has 0 aliphatic carbocycles. The molecule has 2 aromatic rings. The van der Waals surface area contributed by atoms with Gasteiger partial charge in [-0.25, -0.2) is 0 Å². The fourth-order valence-electron chi connectivity index (χ4n) is 2.17. The number of rotatable bonds is 4. The highest BCUT2D eigenvalue weighted by Gasteiger charge is 2.31. The molecule has 1 aromatic heterocycles. The number of nitrogens with zero attached hydrogens (tertiary/aromatic N) is 1. The summed E-state index contributed by atoms with van der Waals surface area (Å²) in [7, 11) is 0. The Morgan fingerprint density at radius 1 is 1.25 bits per heavy atom. The largest absolute Gasteiger partial charge is 0.417 e. The second-order valence-electron chi connectivity index (χ2n) is 5.19. The molecule has 0 spiro atoms. The second-order valence-corrected chi connectivity index (χ2v) is 6.05. The number of carbonyl (C=O) groups is 1. The molecule has 1 unspecified atom stereocenters. The topological polar surface area (TPSA) is 51.1 Å². The number of benzene rings is 1. The third-order valence-corrected chi connectivity index (χ3v) is 4.10. The Hall–Kier alpha value is -2.09. The summed E-state index contributed by atoms with van der Waals surface area (Å²) in [4.78, 5) is 23.7. The standard InChI is InChI=1S/C16H14BrF3N2O2/c1-10(12-4-2-3-5-13(12)17)21-14(23)9-22-8-11(16(18,19)20)6-7-15(22)24/h2-8,10H,9H2,1H3,(H,21,23). The van der Waals surface area contributed by atoms with Crippen LogP contribution in [0, 0.1) is 0 Å². The third kappa shape index (κ3) is 4.47. The molecule has 1 amide bonds. The highest BCUT2D eigenvalue weighted by Crippen LogP contribution is 2.28. The minimum absolute atomic E-state index is 0.366. The number of hydrogen-bond acceptors (Lipinski definition) is 2. The first kappa shape index (κ1) is 18.3. The third-order valence-electron chi connectivity index (χ3n) is 3.37.